The van der Waals surface area contributed by atoms with E-state index in [0.717, 1.165) is 0 Å². The lowest BCUT2D eigenvalue weighted by Crippen LogP contribution is -2.27. The average molecular weight is 340 g/mol. The van der Waals surface area contributed by atoms with E-state index in [-0.39, 0.29) is 10.8 Å². The normalized spacial score (nSPS) is 12.8. The average Bonchev–Trinajstić information content (AvgIpc) is 2.85. The van der Waals surface area contributed by atoms with Crippen molar-refractivity contribution in [3.8, 4) is 5.82 Å². The molecule has 23 heavy (non-hydrogen) atoms. The molecule has 2 rings (SSSR count). The lowest BCUT2D eigenvalue weighted by Gasteiger charge is -2.19. The molecule has 0 radical (unpaired) electrons. The Morgan fingerprint density at radius 1 is 1.43 bits per heavy atom. The second kappa shape index (κ2) is 6.51. The molecule has 0 fully saturated rings. The summed E-state index contributed by atoms with van der Waals surface area (Å²) in [6.07, 6.45) is 1.50. The van der Waals surface area contributed by atoms with Gasteiger partial charge in [0, 0.05) is 0 Å². The number of aliphatic hydroxyl groups excluding tert-OH is 1. The zero-order valence-electron chi connectivity index (χ0n) is 13.2. The van der Waals surface area contributed by atoms with E-state index in [1.807, 2.05) is 0 Å². The molecule has 1 atom stereocenters. The summed E-state index contributed by atoms with van der Waals surface area (Å²) in [4.78, 5) is 17.0. The van der Waals surface area contributed by atoms with Gasteiger partial charge in [-0.2, -0.15) is 5.10 Å². The van der Waals surface area contributed by atoms with Crippen LogP contribution in [0.5, 0.6) is 0 Å². The first-order valence-electron chi connectivity index (χ1n) is 6.92. The summed E-state index contributed by atoms with van der Waals surface area (Å²) in [5.41, 5.74) is 0.187. The van der Waals surface area contributed by atoms with E-state index >= 15 is 0 Å². The molecule has 0 saturated heterocycles. The Labute approximate surface area is 138 Å². The van der Waals surface area contributed by atoms with Crippen LogP contribution < -0.4 is 5.32 Å². The van der Waals surface area contributed by atoms with E-state index < -0.39 is 17.8 Å². The van der Waals surface area contributed by atoms with E-state index in [2.05, 4.69) is 20.5 Å². The standard InChI is InChI=1S/C14H18ClN5O3/c1-8(21)11-7-17-20(19-11)12-10(15)5-9(6-16-12)18-13(22)23-14(2,3)4/h5-8,21H,1-4H3,(H,18,22). The van der Waals surface area contributed by atoms with Crippen molar-refractivity contribution in [1.82, 2.24) is 20.0 Å². The van der Waals surface area contributed by atoms with Crippen molar-refractivity contribution in [1.29, 1.82) is 0 Å². The van der Waals surface area contributed by atoms with Crippen LogP contribution in [0.15, 0.2) is 18.5 Å². The van der Waals surface area contributed by atoms with Crippen molar-refractivity contribution >= 4 is 23.4 Å². The third kappa shape index (κ3) is 4.64. The highest BCUT2D eigenvalue weighted by molar-refractivity contribution is 6.32. The van der Waals surface area contributed by atoms with E-state index in [1.54, 1.807) is 27.7 Å². The quantitative estimate of drug-likeness (QED) is 0.891. The number of aromatic nitrogens is 4. The largest absolute Gasteiger partial charge is 0.444 e. The number of hydrogen-bond acceptors (Lipinski definition) is 6. The van der Waals surface area contributed by atoms with E-state index in [9.17, 15) is 9.90 Å². The monoisotopic (exact) mass is 339 g/mol. The highest BCUT2D eigenvalue weighted by atomic mass is 35.5. The molecule has 1 unspecified atom stereocenters. The van der Waals surface area contributed by atoms with Gasteiger partial charge in [0.1, 0.15) is 11.3 Å². The summed E-state index contributed by atoms with van der Waals surface area (Å²) < 4.78 is 5.15. The summed E-state index contributed by atoms with van der Waals surface area (Å²) in [5, 5.41) is 20.3. The molecular weight excluding hydrogens is 322 g/mol. The summed E-state index contributed by atoms with van der Waals surface area (Å²) in [7, 11) is 0. The highest BCUT2D eigenvalue weighted by Crippen LogP contribution is 2.22. The van der Waals surface area contributed by atoms with Gasteiger partial charge in [-0.15, -0.1) is 9.90 Å². The molecule has 0 bridgehead atoms. The number of nitrogens with zero attached hydrogens (tertiary/aromatic N) is 4. The zero-order chi connectivity index (χ0) is 17.2. The Balaban J connectivity index is 2.15. The maximum atomic E-state index is 11.7. The third-order valence-corrected chi connectivity index (χ3v) is 2.87. The number of aliphatic hydroxyl groups is 1. The second-order valence-corrected chi connectivity index (χ2v) is 6.30. The Morgan fingerprint density at radius 2 is 2.13 bits per heavy atom. The fourth-order valence-electron chi connectivity index (χ4n) is 1.64. The number of carbonyl (C=O) groups excluding carboxylic acids is 1. The highest BCUT2D eigenvalue weighted by Gasteiger charge is 2.17. The van der Waals surface area contributed by atoms with Crippen LogP contribution in [-0.2, 0) is 4.74 Å². The molecule has 0 aliphatic rings. The van der Waals surface area contributed by atoms with Crippen LogP contribution in [0, 0.1) is 0 Å². The number of ether oxygens (including phenoxy) is 1. The third-order valence-electron chi connectivity index (χ3n) is 2.59. The van der Waals surface area contributed by atoms with Crippen molar-refractivity contribution in [2.24, 2.45) is 0 Å². The Bertz CT molecular complexity index is 709. The Morgan fingerprint density at radius 3 is 2.65 bits per heavy atom. The van der Waals surface area contributed by atoms with E-state index in [0.29, 0.717) is 11.4 Å². The summed E-state index contributed by atoms with van der Waals surface area (Å²) >= 11 is 6.15. The predicted octanol–water partition coefficient (Wildman–Crippen LogP) is 2.72. The predicted molar refractivity (Wildman–Crippen MR) is 84.7 cm³/mol. The number of rotatable bonds is 3. The number of nitrogens with one attached hydrogen (secondary N) is 1. The van der Waals surface area contributed by atoms with Gasteiger partial charge in [0.05, 0.1) is 29.2 Å². The molecule has 2 heterocycles. The Hall–Kier alpha value is -2.19. The van der Waals surface area contributed by atoms with Gasteiger partial charge in [-0.1, -0.05) is 11.6 Å². The molecule has 1 amide bonds. The smallest absolute Gasteiger partial charge is 0.412 e. The zero-order valence-corrected chi connectivity index (χ0v) is 14.0. The van der Waals surface area contributed by atoms with Gasteiger partial charge in [0.15, 0.2) is 5.82 Å². The van der Waals surface area contributed by atoms with Gasteiger partial charge in [-0.3, -0.25) is 5.32 Å². The van der Waals surface area contributed by atoms with Gasteiger partial charge in [-0.25, -0.2) is 9.78 Å². The lowest BCUT2D eigenvalue weighted by atomic mass is 10.2. The van der Waals surface area contributed by atoms with Gasteiger partial charge in [-0.05, 0) is 33.8 Å². The maximum Gasteiger partial charge on any atom is 0.412 e. The molecule has 124 valence electrons. The molecule has 2 aromatic heterocycles. The van der Waals surface area contributed by atoms with Crippen molar-refractivity contribution < 1.29 is 14.6 Å². The van der Waals surface area contributed by atoms with Crippen LogP contribution in [0.2, 0.25) is 5.02 Å². The van der Waals surface area contributed by atoms with E-state index in [1.165, 1.54) is 23.3 Å². The molecule has 8 nitrogen and oxygen atoms in total. The second-order valence-electron chi connectivity index (χ2n) is 5.89. The summed E-state index contributed by atoms with van der Waals surface area (Å²) in [6, 6.07) is 1.51. The maximum absolute atomic E-state index is 11.7. The van der Waals surface area contributed by atoms with Crippen LogP contribution in [0.25, 0.3) is 5.82 Å². The molecule has 0 aliphatic carbocycles. The summed E-state index contributed by atoms with van der Waals surface area (Å²) in [5.74, 6) is 0.285. The lowest BCUT2D eigenvalue weighted by molar-refractivity contribution is 0.0636. The van der Waals surface area contributed by atoms with Crippen molar-refractivity contribution in [2.45, 2.75) is 39.4 Å². The first kappa shape index (κ1) is 17.2. The minimum absolute atomic E-state index is 0.242. The topological polar surface area (TPSA) is 102 Å². The van der Waals surface area contributed by atoms with Gasteiger partial charge < -0.3 is 9.84 Å². The van der Waals surface area contributed by atoms with Crippen LogP contribution in [0.3, 0.4) is 0 Å². The Kier molecular flexibility index (Phi) is 4.86. The number of carbonyl (C=O) groups is 1. The fourth-order valence-corrected chi connectivity index (χ4v) is 1.88. The number of anilines is 1. The van der Waals surface area contributed by atoms with Gasteiger partial charge in [0.2, 0.25) is 0 Å². The summed E-state index contributed by atoms with van der Waals surface area (Å²) in [6.45, 7) is 6.88. The van der Waals surface area contributed by atoms with Crippen molar-refractivity contribution in [3.63, 3.8) is 0 Å². The number of halogens is 1. The molecule has 9 heteroatoms. The molecular formula is C14H18ClN5O3. The van der Waals surface area contributed by atoms with Crippen LogP contribution in [0.4, 0.5) is 10.5 Å². The van der Waals surface area contributed by atoms with Crippen LogP contribution in [-0.4, -0.2) is 36.8 Å². The minimum Gasteiger partial charge on any atom is -0.444 e. The SMILES string of the molecule is CC(O)c1cnn(-c2ncc(NC(=O)OC(C)(C)C)cc2Cl)n1. The van der Waals surface area contributed by atoms with Crippen LogP contribution >= 0.6 is 11.6 Å². The van der Waals surface area contributed by atoms with Gasteiger partial charge >= 0.3 is 6.09 Å². The molecule has 0 saturated carbocycles. The number of hydrogen-bond donors (Lipinski definition) is 2. The molecule has 2 aromatic rings. The fraction of sp³-hybridized carbons (Fsp3) is 0.429. The number of pyridine rings is 1. The van der Waals surface area contributed by atoms with Crippen LogP contribution in [0.1, 0.15) is 39.5 Å². The first-order valence-corrected chi connectivity index (χ1v) is 7.30. The molecule has 0 aliphatic heterocycles. The number of amides is 1. The molecule has 0 spiro atoms. The minimum atomic E-state index is -0.740. The van der Waals surface area contributed by atoms with Gasteiger partial charge in [0.25, 0.3) is 0 Å². The molecule has 2 N–H and O–H groups in total. The van der Waals surface area contributed by atoms with E-state index in [4.69, 9.17) is 16.3 Å². The first-order chi connectivity index (χ1) is 10.7. The van der Waals surface area contributed by atoms with Crippen molar-refractivity contribution in [2.75, 3.05) is 5.32 Å². The van der Waals surface area contributed by atoms with Crippen molar-refractivity contribution in [3.05, 3.63) is 29.2 Å². The molecule has 0 aromatic carbocycles.